The third-order valence-corrected chi connectivity index (χ3v) is 7.01. The number of unbranched alkanes of at least 4 members (excludes halogenated alkanes) is 1. The Kier molecular flexibility index (Phi) is 12.9. The van der Waals surface area contributed by atoms with Crippen LogP contribution in [-0.2, 0) is 10.8 Å². The third kappa shape index (κ3) is 10.9. The van der Waals surface area contributed by atoms with Crippen LogP contribution in [-0.4, -0.2) is 27.0 Å². The molecule has 3 N–H and O–H groups in total. The predicted molar refractivity (Wildman–Crippen MR) is 159 cm³/mol. The zero-order valence-electron chi connectivity index (χ0n) is 22.8. The summed E-state index contributed by atoms with van der Waals surface area (Å²) in [7, 11) is 0. The lowest BCUT2D eigenvalue weighted by Crippen LogP contribution is -2.17. The van der Waals surface area contributed by atoms with Crippen molar-refractivity contribution in [2.24, 2.45) is 4.99 Å². The second-order valence-electron chi connectivity index (χ2n) is 10.7. The molecule has 0 atom stereocenters. The van der Waals surface area contributed by atoms with Crippen LogP contribution in [0.3, 0.4) is 0 Å². The van der Waals surface area contributed by atoms with Crippen LogP contribution < -0.4 is 0 Å². The molecule has 198 valence electrons. The first-order valence-corrected chi connectivity index (χ1v) is 13.6. The Morgan fingerprint density at radius 2 is 1.47 bits per heavy atom. The summed E-state index contributed by atoms with van der Waals surface area (Å²) in [5.41, 5.74) is 3.78. The van der Waals surface area contributed by atoms with E-state index in [0.717, 1.165) is 54.3 Å². The molecule has 0 aliphatic carbocycles. The number of halogens is 1. The number of hydrogen-bond acceptors (Lipinski definition) is 5. The summed E-state index contributed by atoms with van der Waals surface area (Å²) in [6.07, 6.45) is 7.25. The van der Waals surface area contributed by atoms with Crippen molar-refractivity contribution in [3.8, 4) is 17.2 Å². The summed E-state index contributed by atoms with van der Waals surface area (Å²) in [4.78, 5) is 3.92. The molecule has 0 aromatic heterocycles. The first-order chi connectivity index (χ1) is 16.7. The van der Waals surface area contributed by atoms with Crippen molar-refractivity contribution in [1.82, 2.24) is 0 Å². The fourth-order valence-corrected chi connectivity index (χ4v) is 4.27. The molecule has 0 unspecified atom stereocenters. The van der Waals surface area contributed by atoms with Crippen molar-refractivity contribution >= 4 is 33.3 Å². The Bertz CT molecular complexity index is 1040. The number of allylic oxidation sites excluding steroid dienone is 2. The van der Waals surface area contributed by atoms with E-state index in [0.29, 0.717) is 11.3 Å². The topological polar surface area (TPSA) is 73.0 Å². The average molecular weight is 577 g/mol. The number of phenolic OH excluding ortho intramolecular Hbond substituents is 3. The lowest BCUT2D eigenvalue weighted by Gasteiger charge is -2.26. The third-order valence-electron chi connectivity index (χ3n) is 6.56. The first-order valence-electron chi connectivity index (χ1n) is 12.4. The fourth-order valence-electron chi connectivity index (χ4n) is 3.95. The second-order valence-corrected chi connectivity index (χ2v) is 12.2. The number of aliphatic imine (C=N–C) groups is 1. The fraction of sp³-hybridized carbons (Fsp3) is 0.500. The molecule has 2 rings (SSSR count). The molecule has 0 radical (unpaired) electrons. The summed E-state index contributed by atoms with van der Waals surface area (Å²) >= 11 is 7.95. The van der Waals surface area contributed by atoms with Crippen LogP contribution in [0.5, 0.6) is 17.2 Å². The van der Waals surface area contributed by atoms with Gasteiger partial charge < -0.3 is 15.3 Å². The van der Waals surface area contributed by atoms with Gasteiger partial charge >= 0.3 is 0 Å². The van der Waals surface area contributed by atoms with E-state index in [9.17, 15) is 15.3 Å². The van der Waals surface area contributed by atoms with Gasteiger partial charge in [-0.2, -0.15) is 0 Å². The van der Waals surface area contributed by atoms with Crippen LogP contribution in [0.4, 0.5) is 0 Å². The molecular weight excluding hydrogens is 534 g/mol. The minimum absolute atomic E-state index is 0.0743. The van der Waals surface area contributed by atoms with Gasteiger partial charge in [-0.1, -0.05) is 62.2 Å². The van der Waals surface area contributed by atoms with E-state index in [1.807, 2.05) is 19.9 Å². The number of nitrogens with zero attached hydrogens (tertiary/aromatic N) is 1. The maximum atomic E-state index is 9.78. The molecule has 0 aliphatic rings. The van der Waals surface area contributed by atoms with E-state index in [-0.39, 0.29) is 22.3 Å². The molecule has 0 heterocycles. The van der Waals surface area contributed by atoms with Crippen molar-refractivity contribution in [2.45, 2.75) is 91.4 Å². The zero-order valence-corrected chi connectivity index (χ0v) is 25.2. The summed E-state index contributed by atoms with van der Waals surface area (Å²) in [6.45, 7) is 15.1. The van der Waals surface area contributed by atoms with Gasteiger partial charge in [0.15, 0.2) is 0 Å². The van der Waals surface area contributed by atoms with Crippen molar-refractivity contribution in [2.75, 3.05) is 6.54 Å². The van der Waals surface area contributed by atoms with Crippen molar-refractivity contribution in [3.63, 3.8) is 0 Å². The largest absolute Gasteiger partial charge is 0.508 e. The summed E-state index contributed by atoms with van der Waals surface area (Å²) < 4.78 is 1.13. The van der Waals surface area contributed by atoms with Crippen molar-refractivity contribution in [1.29, 1.82) is 0 Å². The van der Waals surface area contributed by atoms with E-state index in [2.05, 4.69) is 78.1 Å². The lowest BCUT2D eigenvalue weighted by molar-refractivity contribution is 0.429. The minimum atomic E-state index is -0.0817. The van der Waals surface area contributed by atoms with Crippen LogP contribution in [0.2, 0.25) is 0 Å². The highest BCUT2D eigenvalue weighted by Gasteiger charge is 2.22. The molecule has 2 aromatic rings. The number of thiocarbonyl (C=S) groups is 1. The Hall–Kier alpha value is -2.14. The maximum absolute atomic E-state index is 9.78. The minimum Gasteiger partial charge on any atom is -0.508 e. The summed E-state index contributed by atoms with van der Waals surface area (Å²) in [5.74, 6) is 0.666. The molecule has 0 fully saturated rings. The van der Waals surface area contributed by atoms with Gasteiger partial charge in [-0.25, -0.2) is 4.99 Å². The number of benzene rings is 2. The number of rotatable bonds is 10. The van der Waals surface area contributed by atoms with Crippen LogP contribution in [0, 0.1) is 13.8 Å². The second kappa shape index (κ2) is 14.6. The van der Waals surface area contributed by atoms with Gasteiger partial charge in [-0.05, 0) is 115 Å². The Balaban J connectivity index is 0.000000360. The molecule has 0 spiro atoms. The van der Waals surface area contributed by atoms with Crippen molar-refractivity contribution in [3.05, 3.63) is 63.1 Å². The highest BCUT2D eigenvalue weighted by molar-refractivity contribution is 9.11. The molecular formula is C30H42BrNO3S. The van der Waals surface area contributed by atoms with Gasteiger partial charge in [0.1, 0.15) is 17.2 Å². The molecule has 0 bridgehead atoms. The molecule has 0 saturated heterocycles. The van der Waals surface area contributed by atoms with Gasteiger partial charge in [0.25, 0.3) is 0 Å². The average Bonchev–Trinajstić information content (AvgIpc) is 2.76. The molecule has 0 aliphatic heterocycles. The SMILES string of the molecule is C/C(Br)=C\CCC(C)(C)c1cc(O)c(C)c(O)c1.Cc1cc(O)cc(C(C)(C)CCCCN=C=S)c1. The Morgan fingerprint density at radius 1 is 0.917 bits per heavy atom. The van der Waals surface area contributed by atoms with E-state index < -0.39 is 0 Å². The van der Waals surface area contributed by atoms with Crippen LogP contribution in [0.1, 0.15) is 89.0 Å². The smallest absolute Gasteiger partial charge is 0.122 e. The quantitative estimate of drug-likeness (QED) is 0.150. The number of aromatic hydroxyl groups is 3. The van der Waals surface area contributed by atoms with Crippen molar-refractivity contribution < 1.29 is 15.3 Å². The van der Waals surface area contributed by atoms with Gasteiger partial charge in [0, 0.05) is 12.1 Å². The molecule has 36 heavy (non-hydrogen) atoms. The number of hydrogen-bond donors (Lipinski definition) is 3. The highest BCUT2D eigenvalue weighted by Crippen LogP contribution is 2.36. The summed E-state index contributed by atoms with van der Waals surface area (Å²) in [6, 6.07) is 9.30. The van der Waals surface area contributed by atoms with Crippen LogP contribution in [0.15, 0.2) is 45.9 Å². The number of phenols is 3. The first kappa shape index (κ1) is 31.9. The molecule has 0 amide bonds. The lowest BCUT2D eigenvalue weighted by atomic mass is 9.79. The predicted octanol–water partition coefficient (Wildman–Crippen LogP) is 9.01. The van der Waals surface area contributed by atoms with E-state index in [4.69, 9.17) is 0 Å². The summed E-state index contributed by atoms with van der Waals surface area (Å²) in [5, 5.41) is 31.6. The Labute approximate surface area is 231 Å². The van der Waals surface area contributed by atoms with Crippen LogP contribution >= 0.6 is 28.1 Å². The van der Waals surface area contributed by atoms with E-state index in [1.165, 1.54) is 5.56 Å². The van der Waals surface area contributed by atoms with E-state index in [1.54, 1.807) is 25.1 Å². The highest BCUT2D eigenvalue weighted by atomic mass is 79.9. The van der Waals surface area contributed by atoms with E-state index >= 15 is 0 Å². The standard InChI is InChI=1S/C15H21BrO2.C15H21NOS/c1-10(16)6-5-7-15(3,4)12-8-13(17)11(2)14(18)9-12;1-12-8-13(10-14(17)9-12)15(2,3)6-4-5-7-16-11-18/h6,8-9,17-18H,5,7H2,1-4H3;8-10,17H,4-7H2,1-3H3/b10-6+;. The Morgan fingerprint density at radius 3 is 2.00 bits per heavy atom. The van der Waals surface area contributed by atoms with Gasteiger partial charge in [0.2, 0.25) is 0 Å². The number of aryl methyl sites for hydroxylation is 1. The maximum Gasteiger partial charge on any atom is 0.122 e. The number of isothiocyanates is 1. The molecule has 4 nitrogen and oxygen atoms in total. The monoisotopic (exact) mass is 575 g/mol. The normalized spacial score (nSPS) is 11.9. The van der Waals surface area contributed by atoms with Gasteiger partial charge in [0.05, 0.1) is 5.16 Å². The van der Waals surface area contributed by atoms with Crippen LogP contribution in [0.25, 0.3) is 0 Å². The van der Waals surface area contributed by atoms with Gasteiger partial charge in [-0.15, -0.1) is 0 Å². The molecule has 0 saturated carbocycles. The van der Waals surface area contributed by atoms with Gasteiger partial charge in [-0.3, -0.25) is 0 Å². The molecule has 6 heteroatoms. The molecule has 2 aromatic carbocycles. The zero-order chi connectivity index (χ0) is 27.5.